The first-order chi connectivity index (χ1) is 7.22. The van der Waals surface area contributed by atoms with Gasteiger partial charge in [0.1, 0.15) is 18.0 Å². The van der Waals surface area contributed by atoms with E-state index in [1.54, 1.807) is 24.3 Å². The minimum atomic E-state index is -1.12. The number of halogens is 1. The molecule has 89 valence electrons. The number of hydrogen-bond acceptors (Lipinski definition) is 2. The van der Waals surface area contributed by atoms with Crippen LogP contribution in [0.3, 0.4) is 0 Å². The van der Waals surface area contributed by atoms with Crippen LogP contribution in [-0.4, -0.2) is 17.3 Å². The first-order valence-corrected chi connectivity index (χ1v) is 5.56. The molecule has 0 spiro atoms. The number of ether oxygens (including phenoxy) is 1. The summed E-state index contributed by atoms with van der Waals surface area (Å²) in [5, 5.41) is 10.8. The molecule has 1 radical (unpaired) electrons. The van der Waals surface area contributed by atoms with E-state index in [4.69, 9.17) is 16.3 Å². The van der Waals surface area contributed by atoms with Gasteiger partial charge in [-0.3, -0.25) is 0 Å². The molecule has 1 atom stereocenters. The molecule has 0 bridgehead atoms. The van der Waals surface area contributed by atoms with Gasteiger partial charge in [-0.1, -0.05) is 32.4 Å². The fraction of sp³-hybridized carbons (Fsp3) is 0.462. The summed E-state index contributed by atoms with van der Waals surface area (Å²) in [7, 11) is 0. The number of aliphatic hydroxyl groups is 1. The van der Waals surface area contributed by atoms with E-state index in [9.17, 15) is 5.11 Å². The molecule has 0 fully saturated rings. The molecule has 0 aliphatic heterocycles. The van der Waals surface area contributed by atoms with Crippen LogP contribution >= 0.6 is 11.6 Å². The fourth-order valence-electron chi connectivity index (χ4n) is 0.950. The van der Waals surface area contributed by atoms with Gasteiger partial charge in [-0.15, -0.1) is 0 Å². The van der Waals surface area contributed by atoms with Gasteiger partial charge in [0.2, 0.25) is 0 Å². The molecule has 1 aromatic rings. The highest BCUT2D eigenvalue weighted by Gasteiger charge is 2.36. The first-order valence-electron chi connectivity index (χ1n) is 5.18. The largest absolute Gasteiger partial charge is 0.491 e. The second-order valence-corrected chi connectivity index (χ2v) is 5.46. The van der Waals surface area contributed by atoms with Gasteiger partial charge in [0.05, 0.1) is 0 Å². The third kappa shape index (κ3) is 3.39. The highest BCUT2D eigenvalue weighted by atomic mass is 35.5. The molecule has 1 N–H and O–H groups in total. The third-order valence-corrected chi connectivity index (χ3v) is 2.94. The maximum atomic E-state index is 10.1. The molecule has 0 amide bonds. The average Bonchev–Trinajstić information content (AvgIpc) is 2.15. The molecule has 1 unspecified atom stereocenters. The Hall–Kier alpha value is -0.730. The van der Waals surface area contributed by atoms with Crippen molar-refractivity contribution in [3.05, 3.63) is 36.2 Å². The van der Waals surface area contributed by atoms with Crippen molar-refractivity contribution in [3.63, 3.8) is 0 Å². The average molecular weight is 242 g/mol. The zero-order valence-electron chi connectivity index (χ0n) is 9.96. The minimum absolute atomic E-state index is 0.151. The molecule has 0 aliphatic rings. The molecule has 3 heteroatoms. The summed E-state index contributed by atoms with van der Waals surface area (Å²) < 4.78 is 5.48. The zero-order valence-corrected chi connectivity index (χ0v) is 10.7. The van der Waals surface area contributed by atoms with Crippen LogP contribution in [0.25, 0.3) is 0 Å². The highest BCUT2D eigenvalue weighted by molar-refractivity contribution is 6.30. The summed E-state index contributed by atoms with van der Waals surface area (Å²) in [6, 6.07) is 7.02. The molecule has 0 aromatic heterocycles. The summed E-state index contributed by atoms with van der Waals surface area (Å²) in [4.78, 5) is 0. The summed E-state index contributed by atoms with van der Waals surface area (Å²) in [6.45, 7) is 9.69. The van der Waals surface area contributed by atoms with E-state index >= 15 is 0 Å². The normalized spacial score (nSPS) is 15.6. The zero-order chi connectivity index (χ0) is 12.4. The van der Waals surface area contributed by atoms with Crippen LogP contribution in [0.15, 0.2) is 24.3 Å². The van der Waals surface area contributed by atoms with E-state index in [1.807, 2.05) is 20.8 Å². The van der Waals surface area contributed by atoms with Crippen molar-refractivity contribution in [3.8, 4) is 5.75 Å². The van der Waals surface area contributed by atoms with Crippen LogP contribution < -0.4 is 4.74 Å². The van der Waals surface area contributed by atoms with Crippen LogP contribution in [0.2, 0.25) is 5.02 Å². The molecular weight excluding hydrogens is 224 g/mol. The van der Waals surface area contributed by atoms with Gasteiger partial charge in [-0.05, 0) is 36.6 Å². The van der Waals surface area contributed by atoms with Gasteiger partial charge in [-0.25, -0.2) is 0 Å². The van der Waals surface area contributed by atoms with Crippen LogP contribution in [0.4, 0.5) is 0 Å². The van der Waals surface area contributed by atoms with Crippen molar-refractivity contribution in [2.75, 3.05) is 6.61 Å². The lowest BCUT2D eigenvalue weighted by atomic mass is 9.78. The van der Waals surface area contributed by atoms with Gasteiger partial charge in [0, 0.05) is 5.02 Å². The van der Waals surface area contributed by atoms with Crippen LogP contribution in [0.5, 0.6) is 5.75 Å². The highest BCUT2D eigenvalue weighted by Crippen LogP contribution is 2.30. The predicted octanol–water partition coefficient (Wildman–Crippen LogP) is 3.33. The van der Waals surface area contributed by atoms with Gasteiger partial charge < -0.3 is 9.84 Å². The van der Waals surface area contributed by atoms with Crippen molar-refractivity contribution in [2.24, 2.45) is 5.41 Å². The van der Waals surface area contributed by atoms with Crippen molar-refractivity contribution < 1.29 is 9.84 Å². The Morgan fingerprint density at radius 2 is 1.75 bits per heavy atom. The lowest BCUT2D eigenvalue weighted by molar-refractivity contribution is -0.0502. The van der Waals surface area contributed by atoms with Crippen LogP contribution in [0.1, 0.15) is 20.8 Å². The molecule has 1 aromatic carbocycles. The summed E-state index contributed by atoms with van der Waals surface area (Å²) in [5.74, 6) is 0.677. The molecule has 0 heterocycles. The Morgan fingerprint density at radius 1 is 1.25 bits per heavy atom. The molecule has 2 nitrogen and oxygen atoms in total. The lowest BCUT2D eigenvalue weighted by Gasteiger charge is -2.36. The molecule has 0 saturated carbocycles. The Bertz CT molecular complexity index is 336. The van der Waals surface area contributed by atoms with Gasteiger partial charge in [0.25, 0.3) is 0 Å². The molecule has 0 aliphatic carbocycles. The van der Waals surface area contributed by atoms with Crippen molar-refractivity contribution >= 4 is 11.6 Å². The fourth-order valence-corrected chi connectivity index (χ4v) is 1.08. The van der Waals surface area contributed by atoms with E-state index in [0.29, 0.717) is 10.8 Å². The van der Waals surface area contributed by atoms with Gasteiger partial charge in [-0.2, -0.15) is 0 Å². The van der Waals surface area contributed by atoms with Crippen molar-refractivity contribution in [2.45, 2.75) is 26.4 Å². The quantitative estimate of drug-likeness (QED) is 0.880. The maximum Gasteiger partial charge on any atom is 0.119 e. The topological polar surface area (TPSA) is 29.5 Å². The molecular formula is C13H18ClO2. The Balaban J connectivity index is 2.61. The number of rotatable bonds is 3. The molecule has 16 heavy (non-hydrogen) atoms. The standard InChI is InChI=1S/C13H18ClO2/c1-12(2,3)13(4,15)9-16-11-7-5-10(14)6-8-11/h5-8,15H,4,9H2,1-3H3. The third-order valence-electron chi connectivity index (χ3n) is 2.69. The Kier molecular flexibility index (Phi) is 3.87. The second-order valence-electron chi connectivity index (χ2n) is 5.02. The lowest BCUT2D eigenvalue weighted by Crippen LogP contribution is -2.45. The smallest absolute Gasteiger partial charge is 0.119 e. The van der Waals surface area contributed by atoms with Crippen molar-refractivity contribution in [1.29, 1.82) is 0 Å². The van der Waals surface area contributed by atoms with Crippen molar-refractivity contribution in [1.82, 2.24) is 0 Å². The van der Waals surface area contributed by atoms with E-state index in [0.717, 1.165) is 0 Å². The molecule has 0 saturated heterocycles. The van der Waals surface area contributed by atoms with Crippen LogP contribution in [-0.2, 0) is 0 Å². The number of benzene rings is 1. The molecule has 1 rings (SSSR count). The van der Waals surface area contributed by atoms with E-state index in [1.165, 1.54) is 0 Å². The number of hydrogen-bond donors (Lipinski definition) is 1. The van der Waals surface area contributed by atoms with Gasteiger partial charge >= 0.3 is 0 Å². The summed E-state index contributed by atoms with van der Waals surface area (Å²) >= 11 is 5.76. The first kappa shape index (κ1) is 13.3. The van der Waals surface area contributed by atoms with E-state index in [-0.39, 0.29) is 12.0 Å². The van der Waals surface area contributed by atoms with Crippen LogP contribution in [0, 0.1) is 12.3 Å². The minimum Gasteiger partial charge on any atom is -0.491 e. The van der Waals surface area contributed by atoms with Gasteiger partial charge in [0.15, 0.2) is 0 Å². The summed E-state index contributed by atoms with van der Waals surface area (Å²) in [6.07, 6.45) is 0. The Labute approximate surface area is 102 Å². The maximum absolute atomic E-state index is 10.1. The summed E-state index contributed by atoms with van der Waals surface area (Å²) in [5.41, 5.74) is -1.45. The van der Waals surface area contributed by atoms with E-state index < -0.39 is 5.60 Å². The van der Waals surface area contributed by atoms with E-state index in [2.05, 4.69) is 6.92 Å². The Morgan fingerprint density at radius 3 is 2.19 bits per heavy atom. The SMILES string of the molecule is [CH2]C(O)(COc1ccc(Cl)cc1)C(C)(C)C. The second kappa shape index (κ2) is 4.64. The predicted molar refractivity (Wildman–Crippen MR) is 66.7 cm³/mol. The monoisotopic (exact) mass is 241 g/mol.